The van der Waals surface area contributed by atoms with Crippen LogP contribution in [0.25, 0.3) is 11.2 Å². The molecule has 0 saturated carbocycles. The third-order valence-corrected chi connectivity index (χ3v) is 11.3. The number of aliphatic hydroxyl groups is 2. The van der Waals surface area contributed by atoms with Crippen molar-refractivity contribution in [3.05, 3.63) is 12.7 Å². The van der Waals surface area contributed by atoms with Gasteiger partial charge >= 0.3 is 58.0 Å². The Labute approximate surface area is 234 Å². The van der Waals surface area contributed by atoms with Crippen LogP contribution in [0.15, 0.2) is 12.7 Å². The van der Waals surface area contributed by atoms with Crippen LogP contribution in [-0.4, -0.2) is 84.0 Å². The number of phosphoric acid groups is 5. The second-order valence-corrected chi connectivity index (χ2v) is 14.7. The molecule has 40 heavy (non-hydrogen) atoms. The summed E-state index contributed by atoms with van der Waals surface area (Å²) in [4.78, 5) is 65.9. The van der Waals surface area contributed by atoms with Gasteiger partial charge in [0, 0.05) is 0 Å². The van der Waals surface area contributed by atoms with Crippen molar-refractivity contribution in [2.75, 3.05) is 12.3 Å². The van der Waals surface area contributed by atoms with Crippen LogP contribution in [0, 0.1) is 0 Å². The molecule has 1 aliphatic heterocycles. The van der Waals surface area contributed by atoms with Crippen molar-refractivity contribution in [2.45, 2.75) is 24.5 Å². The number of anilines is 1. The van der Waals surface area contributed by atoms with Crippen molar-refractivity contribution in [1.82, 2.24) is 19.5 Å². The van der Waals surface area contributed by atoms with E-state index in [1.807, 2.05) is 0 Å². The third-order valence-electron chi connectivity index (χ3n) is 4.23. The maximum Gasteiger partial charge on any atom is 1.00 e. The van der Waals surface area contributed by atoms with E-state index in [0.717, 1.165) is 17.2 Å². The minimum atomic E-state index is -6.26. The molecular formula is C10H19LiN5O19P5. The zero-order valence-electron chi connectivity index (χ0n) is 20.3. The molecule has 1 saturated heterocycles. The molecule has 224 valence electrons. The fourth-order valence-electron chi connectivity index (χ4n) is 2.91. The van der Waals surface area contributed by atoms with Crippen molar-refractivity contribution in [3.8, 4) is 0 Å². The monoisotopic (exact) mass is 675 g/mol. The van der Waals surface area contributed by atoms with E-state index >= 15 is 0 Å². The van der Waals surface area contributed by atoms with Gasteiger partial charge in [0.15, 0.2) is 17.7 Å². The van der Waals surface area contributed by atoms with Crippen molar-refractivity contribution >= 4 is 56.1 Å². The molecule has 2 aromatic heterocycles. The van der Waals surface area contributed by atoms with Crippen molar-refractivity contribution in [1.29, 1.82) is 0 Å². The maximum absolute atomic E-state index is 12.1. The Bertz CT molecular complexity index is 1470. The average Bonchev–Trinajstić information content (AvgIpc) is 3.24. The summed E-state index contributed by atoms with van der Waals surface area (Å²) in [5.41, 5.74) is 5.85. The van der Waals surface area contributed by atoms with Crippen LogP contribution >= 0.6 is 39.1 Å². The predicted octanol–water partition coefficient (Wildman–Crippen LogP) is -4.28. The van der Waals surface area contributed by atoms with Crippen LogP contribution in [0.1, 0.15) is 7.65 Å². The van der Waals surface area contributed by atoms with Crippen molar-refractivity contribution in [2.24, 2.45) is 0 Å². The van der Waals surface area contributed by atoms with E-state index < -0.39 is 70.3 Å². The minimum Gasteiger partial charge on any atom is -1.00 e. The summed E-state index contributed by atoms with van der Waals surface area (Å²) >= 11 is 0. The van der Waals surface area contributed by atoms with Gasteiger partial charge < -0.3 is 51.5 Å². The molecule has 30 heteroatoms. The quantitative estimate of drug-likeness (QED) is 0.0759. The maximum atomic E-state index is 12.1. The molecular weight excluding hydrogens is 656 g/mol. The first-order valence-corrected chi connectivity index (χ1v) is 16.9. The minimum absolute atomic E-state index is 0. The fraction of sp³-hybridized carbons (Fsp3) is 0.500. The molecule has 0 spiro atoms. The van der Waals surface area contributed by atoms with Gasteiger partial charge in [0.05, 0.1) is 12.9 Å². The normalized spacial score (nSPS) is 27.7. The van der Waals surface area contributed by atoms with Gasteiger partial charge in [-0.05, 0) is 0 Å². The number of nitrogens with two attached hydrogens (primary N) is 1. The molecule has 2 aromatic rings. The average molecular weight is 675 g/mol. The Hall–Kier alpha value is -0.463. The third kappa shape index (κ3) is 9.52. The molecule has 1 fully saturated rings. The summed E-state index contributed by atoms with van der Waals surface area (Å²) in [6.45, 7) is -1.12. The number of hydrogen-bond donors (Lipinski definition) is 9. The number of nitrogens with zero attached hydrogens (tertiary/aromatic N) is 4. The summed E-state index contributed by atoms with van der Waals surface area (Å²) < 4.78 is 82.1. The van der Waals surface area contributed by atoms with E-state index in [-0.39, 0.29) is 37.3 Å². The van der Waals surface area contributed by atoms with E-state index in [0.29, 0.717) is 0 Å². The number of rotatable bonds is 12. The van der Waals surface area contributed by atoms with E-state index in [4.69, 9.17) is 25.2 Å². The first-order chi connectivity index (χ1) is 17.6. The number of imidazole rings is 1. The molecule has 0 aromatic carbocycles. The molecule has 8 atom stereocenters. The van der Waals surface area contributed by atoms with Gasteiger partial charge in [-0.3, -0.25) is 9.09 Å². The van der Waals surface area contributed by atoms with E-state index in [1.165, 1.54) is 0 Å². The number of hydrogen-bond acceptors (Lipinski definition) is 17. The second-order valence-electron chi connectivity index (χ2n) is 7.12. The SMILES string of the molecule is Nc1ncnc2c1ncn2[C@@H]1O[C@H](COP(=O)(O)OP(=O)(O)OP(=O)(O)OP(=O)(O)OP(=O)(O)O)[C@@H](O)[C@H]1O.[H-].[Li+]. The molecule has 0 radical (unpaired) electrons. The Balaban J connectivity index is 0.00000420. The van der Waals surface area contributed by atoms with Gasteiger partial charge in [-0.15, -0.1) is 0 Å². The van der Waals surface area contributed by atoms with Crippen LogP contribution in [0.4, 0.5) is 5.82 Å². The van der Waals surface area contributed by atoms with Crippen LogP contribution in [0.5, 0.6) is 0 Å². The first-order valence-electron chi connectivity index (χ1n) is 9.41. The standard InChI is InChI=1S/C10H18N5O19P5.Li.H/c11-8-5-9(13-2-12-8)15(3-14-5)10-7(17)6(16)4(30-10)1-29-36(21,22)32-38(25,26)34-39(27,28)33-37(23,24)31-35(18,19)20;;/h2-4,6-7,10,16-17H,1H2,(H,21,22)(H,23,24)(H,25,26)(H,27,28)(H2,11,12,13)(H2,18,19,20);;/q;+1;-1/t4-,6-,7-,10-;;/m1../s1. The fourth-order valence-corrected chi connectivity index (χ4v) is 8.81. The molecule has 0 bridgehead atoms. The van der Waals surface area contributed by atoms with Crippen LogP contribution < -0.4 is 24.6 Å². The summed E-state index contributed by atoms with van der Waals surface area (Å²) in [7, 11) is -30.1. The Morgan fingerprint density at radius 2 is 1.38 bits per heavy atom. The van der Waals surface area contributed by atoms with Gasteiger partial charge in [-0.2, -0.15) is 17.2 Å². The zero-order valence-corrected chi connectivity index (χ0v) is 23.8. The second kappa shape index (κ2) is 12.6. The van der Waals surface area contributed by atoms with Crippen molar-refractivity contribution < 1.29 is 109 Å². The number of phosphoric ester groups is 1. The number of aliphatic hydroxyl groups excluding tert-OH is 2. The Morgan fingerprint density at radius 3 is 1.93 bits per heavy atom. The Kier molecular flexibility index (Phi) is 11.3. The molecule has 24 nitrogen and oxygen atoms in total. The molecule has 0 aliphatic carbocycles. The van der Waals surface area contributed by atoms with E-state index in [1.54, 1.807) is 0 Å². The molecule has 3 heterocycles. The van der Waals surface area contributed by atoms with E-state index in [2.05, 4.69) is 36.7 Å². The summed E-state index contributed by atoms with van der Waals surface area (Å²) in [5.74, 6) is -0.0189. The topological polar surface area (TPSA) is 372 Å². The number of ether oxygens (including phenoxy) is 1. The number of aromatic nitrogens is 4. The zero-order chi connectivity index (χ0) is 29.6. The van der Waals surface area contributed by atoms with Gasteiger partial charge in [0.25, 0.3) is 0 Å². The molecule has 1 aliphatic rings. The largest absolute Gasteiger partial charge is 1.00 e. The van der Waals surface area contributed by atoms with Crippen LogP contribution in [-0.2, 0) is 49.3 Å². The van der Waals surface area contributed by atoms with Crippen molar-refractivity contribution in [3.63, 3.8) is 0 Å². The molecule has 4 unspecified atom stereocenters. The Morgan fingerprint density at radius 1 is 0.850 bits per heavy atom. The van der Waals surface area contributed by atoms with Crippen LogP contribution in [0.2, 0.25) is 0 Å². The summed E-state index contributed by atoms with van der Waals surface area (Å²) in [5, 5.41) is 20.6. The number of fused-ring (bicyclic) bond motifs is 1. The molecule has 10 N–H and O–H groups in total. The molecule has 3 rings (SSSR count). The first kappa shape index (κ1) is 35.7. The predicted molar refractivity (Wildman–Crippen MR) is 118 cm³/mol. The van der Waals surface area contributed by atoms with Gasteiger partial charge in [-0.1, -0.05) is 0 Å². The van der Waals surface area contributed by atoms with Gasteiger partial charge in [-0.25, -0.2) is 37.8 Å². The number of nitrogen functional groups attached to an aromatic ring is 1. The molecule has 0 amide bonds. The summed E-state index contributed by atoms with van der Waals surface area (Å²) in [6, 6.07) is 0. The summed E-state index contributed by atoms with van der Waals surface area (Å²) in [6.07, 6.45) is -4.32. The van der Waals surface area contributed by atoms with E-state index in [9.17, 15) is 47.7 Å². The van der Waals surface area contributed by atoms with Gasteiger partial charge in [0.1, 0.15) is 30.2 Å². The smallest absolute Gasteiger partial charge is 1.00 e. The van der Waals surface area contributed by atoms with Crippen LogP contribution in [0.3, 0.4) is 0 Å². The van der Waals surface area contributed by atoms with Gasteiger partial charge in [0.2, 0.25) is 0 Å².